The lowest BCUT2D eigenvalue weighted by atomic mass is 9.81. The zero-order chi connectivity index (χ0) is 13.1. The predicted octanol–water partition coefficient (Wildman–Crippen LogP) is 3.82. The quantitative estimate of drug-likeness (QED) is 0.839. The molecule has 17 heavy (non-hydrogen) atoms. The number of halogens is 1. The van der Waals surface area contributed by atoms with Gasteiger partial charge in [-0.2, -0.15) is 0 Å². The van der Waals surface area contributed by atoms with E-state index < -0.39 is 0 Å². The molecule has 0 saturated heterocycles. The van der Waals surface area contributed by atoms with Crippen molar-refractivity contribution in [2.75, 3.05) is 6.54 Å². The lowest BCUT2D eigenvalue weighted by Gasteiger charge is -2.29. The van der Waals surface area contributed by atoms with Crippen LogP contribution in [0.15, 0.2) is 18.2 Å². The number of hydrogen-bond donors (Lipinski definition) is 2. The Labute approximate surface area is 109 Å². The van der Waals surface area contributed by atoms with Crippen molar-refractivity contribution in [3.05, 3.63) is 28.8 Å². The molecule has 2 nitrogen and oxygen atoms in total. The highest BCUT2D eigenvalue weighted by molar-refractivity contribution is 6.31. The standard InChI is InChI=1S/C14H22ClNO/c1-10(2)14(3,4)9-16-8-11-12(15)6-5-7-13(11)17/h5-7,10,16-17H,8-9H2,1-4H3. The molecule has 0 aliphatic heterocycles. The lowest BCUT2D eigenvalue weighted by Crippen LogP contribution is -2.33. The third-order valence-electron chi connectivity index (χ3n) is 3.54. The van der Waals surface area contributed by atoms with Crippen molar-refractivity contribution >= 4 is 11.6 Å². The first-order chi connectivity index (χ1) is 7.84. The third kappa shape index (κ3) is 3.90. The molecule has 0 saturated carbocycles. The van der Waals surface area contributed by atoms with E-state index in [-0.39, 0.29) is 11.2 Å². The molecule has 0 atom stereocenters. The van der Waals surface area contributed by atoms with Gasteiger partial charge in [0, 0.05) is 23.7 Å². The zero-order valence-electron chi connectivity index (χ0n) is 11.0. The van der Waals surface area contributed by atoms with E-state index in [1.807, 2.05) is 0 Å². The summed E-state index contributed by atoms with van der Waals surface area (Å²) in [5.74, 6) is 0.863. The van der Waals surface area contributed by atoms with Gasteiger partial charge in [0.15, 0.2) is 0 Å². The Morgan fingerprint density at radius 3 is 2.53 bits per heavy atom. The summed E-state index contributed by atoms with van der Waals surface area (Å²) in [4.78, 5) is 0. The van der Waals surface area contributed by atoms with Crippen molar-refractivity contribution in [3.63, 3.8) is 0 Å². The van der Waals surface area contributed by atoms with Crippen LogP contribution in [0.2, 0.25) is 5.02 Å². The largest absolute Gasteiger partial charge is 0.508 e. The third-order valence-corrected chi connectivity index (χ3v) is 3.89. The molecule has 0 unspecified atom stereocenters. The van der Waals surface area contributed by atoms with E-state index >= 15 is 0 Å². The number of phenols is 1. The van der Waals surface area contributed by atoms with Crippen LogP contribution in [0.4, 0.5) is 0 Å². The van der Waals surface area contributed by atoms with Crippen molar-refractivity contribution in [3.8, 4) is 5.75 Å². The molecule has 3 heteroatoms. The smallest absolute Gasteiger partial charge is 0.121 e. The summed E-state index contributed by atoms with van der Waals surface area (Å²) in [5.41, 5.74) is 1.00. The Morgan fingerprint density at radius 1 is 1.35 bits per heavy atom. The van der Waals surface area contributed by atoms with Gasteiger partial charge in [0.2, 0.25) is 0 Å². The van der Waals surface area contributed by atoms with Gasteiger partial charge >= 0.3 is 0 Å². The minimum atomic E-state index is 0.233. The average Bonchev–Trinajstić information content (AvgIpc) is 2.22. The van der Waals surface area contributed by atoms with E-state index in [2.05, 4.69) is 33.0 Å². The van der Waals surface area contributed by atoms with Crippen molar-refractivity contribution in [2.24, 2.45) is 11.3 Å². The Kier molecular flexibility index (Phi) is 4.84. The Balaban J connectivity index is 2.57. The second-order valence-electron chi connectivity index (χ2n) is 5.48. The monoisotopic (exact) mass is 255 g/mol. The van der Waals surface area contributed by atoms with E-state index in [1.54, 1.807) is 18.2 Å². The van der Waals surface area contributed by atoms with Gasteiger partial charge in [-0.1, -0.05) is 45.4 Å². The summed E-state index contributed by atoms with van der Waals surface area (Å²) in [5, 5.41) is 13.7. The van der Waals surface area contributed by atoms with E-state index in [1.165, 1.54) is 0 Å². The first-order valence-electron chi connectivity index (χ1n) is 6.01. The predicted molar refractivity (Wildman–Crippen MR) is 73.4 cm³/mol. The highest BCUT2D eigenvalue weighted by Gasteiger charge is 2.21. The van der Waals surface area contributed by atoms with Crippen molar-refractivity contribution in [1.29, 1.82) is 0 Å². The van der Waals surface area contributed by atoms with E-state index in [4.69, 9.17) is 11.6 Å². The van der Waals surface area contributed by atoms with Crippen molar-refractivity contribution in [2.45, 2.75) is 34.2 Å². The minimum Gasteiger partial charge on any atom is -0.508 e. The molecule has 0 fully saturated rings. The molecule has 0 amide bonds. The highest BCUT2D eigenvalue weighted by Crippen LogP contribution is 2.27. The maximum atomic E-state index is 9.71. The van der Waals surface area contributed by atoms with E-state index in [0.29, 0.717) is 17.5 Å². The maximum absolute atomic E-state index is 9.71. The van der Waals surface area contributed by atoms with E-state index in [9.17, 15) is 5.11 Å². The second kappa shape index (κ2) is 5.74. The first kappa shape index (κ1) is 14.3. The number of rotatable bonds is 5. The van der Waals surface area contributed by atoms with Crippen LogP contribution >= 0.6 is 11.6 Å². The van der Waals surface area contributed by atoms with Crippen LogP contribution in [0, 0.1) is 11.3 Å². The molecule has 1 aromatic rings. The molecule has 0 aliphatic rings. The van der Waals surface area contributed by atoms with Gasteiger partial charge in [0.05, 0.1) is 0 Å². The van der Waals surface area contributed by atoms with Gasteiger partial charge in [-0.05, 0) is 23.5 Å². The van der Waals surface area contributed by atoms with Crippen LogP contribution in [0.1, 0.15) is 33.3 Å². The summed E-state index contributed by atoms with van der Waals surface area (Å²) in [6.07, 6.45) is 0. The molecule has 0 bridgehead atoms. The summed E-state index contributed by atoms with van der Waals surface area (Å²) >= 11 is 6.04. The number of nitrogens with one attached hydrogen (secondary N) is 1. The lowest BCUT2D eigenvalue weighted by molar-refractivity contribution is 0.237. The molecule has 1 rings (SSSR count). The van der Waals surface area contributed by atoms with Crippen LogP contribution in [0.3, 0.4) is 0 Å². The van der Waals surface area contributed by atoms with Gasteiger partial charge in [0.25, 0.3) is 0 Å². The molecule has 0 heterocycles. The zero-order valence-corrected chi connectivity index (χ0v) is 11.8. The number of phenolic OH excluding ortho intramolecular Hbond substituents is 1. The van der Waals surface area contributed by atoms with Crippen LogP contribution in [0.5, 0.6) is 5.75 Å². The average molecular weight is 256 g/mol. The summed E-state index contributed by atoms with van der Waals surface area (Å²) < 4.78 is 0. The van der Waals surface area contributed by atoms with Gasteiger partial charge in [-0.3, -0.25) is 0 Å². The second-order valence-corrected chi connectivity index (χ2v) is 5.89. The molecule has 0 aliphatic carbocycles. The van der Waals surface area contributed by atoms with Crippen LogP contribution in [0.25, 0.3) is 0 Å². The maximum Gasteiger partial charge on any atom is 0.121 e. The van der Waals surface area contributed by atoms with Crippen molar-refractivity contribution in [1.82, 2.24) is 5.32 Å². The summed E-state index contributed by atoms with van der Waals surface area (Å²) in [7, 11) is 0. The molecular weight excluding hydrogens is 234 g/mol. The van der Waals surface area contributed by atoms with Gasteiger partial charge in [-0.25, -0.2) is 0 Å². The topological polar surface area (TPSA) is 32.3 Å². The normalized spacial score (nSPS) is 12.1. The molecule has 2 N–H and O–H groups in total. The van der Waals surface area contributed by atoms with E-state index in [0.717, 1.165) is 12.1 Å². The summed E-state index contributed by atoms with van der Waals surface area (Å²) in [6.45, 7) is 10.4. The fourth-order valence-corrected chi connectivity index (χ4v) is 1.67. The summed E-state index contributed by atoms with van der Waals surface area (Å²) in [6, 6.07) is 5.21. The fraction of sp³-hybridized carbons (Fsp3) is 0.571. The molecule has 0 radical (unpaired) electrons. The Hall–Kier alpha value is -0.730. The van der Waals surface area contributed by atoms with Crippen LogP contribution in [-0.4, -0.2) is 11.7 Å². The Morgan fingerprint density at radius 2 is 2.00 bits per heavy atom. The van der Waals surface area contributed by atoms with Gasteiger partial charge < -0.3 is 10.4 Å². The van der Waals surface area contributed by atoms with Crippen LogP contribution in [-0.2, 0) is 6.54 Å². The van der Waals surface area contributed by atoms with Crippen molar-refractivity contribution < 1.29 is 5.11 Å². The first-order valence-corrected chi connectivity index (χ1v) is 6.39. The number of hydrogen-bond acceptors (Lipinski definition) is 2. The number of aromatic hydroxyl groups is 1. The minimum absolute atomic E-state index is 0.233. The molecular formula is C14H22ClNO. The molecule has 0 aromatic heterocycles. The van der Waals surface area contributed by atoms with Gasteiger partial charge in [0.1, 0.15) is 5.75 Å². The SMILES string of the molecule is CC(C)C(C)(C)CNCc1c(O)cccc1Cl. The molecule has 96 valence electrons. The molecule has 0 spiro atoms. The van der Waals surface area contributed by atoms with Crippen LogP contribution < -0.4 is 5.32 Å². The number of benzene rings is 1. The Bertz CT molecular complexity index is 354. The molecule has 1 aromatic carbocycles. The highest BCUT2D eigenvalue weighted by atomic mass is 35.5. The fourth-order valence-electron chi connectivity index (χ4n) is 1.44. The van der Waals surface area contributed by atoms with Gasteiger partial charge in [-0.15, -0.1) is 0 Å².